The van der Waals surface area contributed by atoms with Crippen molar-refractivity contribution in [2.75, 3.05) is 45.3 Å². The second-order valence-corrected chi connectivity index (χ2v) is 18.7. The van der Waals surface area contributed by atoms with Crippen LogP contribution in [-0.2, 0) is 33.5 Å². The van der Waals surface area contributed by atoms with Gasteiger partial charge >= 0.3 is 6.09 Å². The van der Waals surface area contributed by atoms with Crippen molar-refractivity contribution in [2.45, 2.75) is 102 Å². The van der Waals surface area contributed by atoms with Crippen molar-refractivity contribution in [3.8, 4) is 0 Å². The number of likely N-dealkylation sites (N-methyl/N-ethyl adjacent to an activating group) is 1. The summed E-state index contributed by atoms with van der Waals surface area (Å²) in [6, 6.07) is 4.46. The highest BCUT2D eigenvalue weighted by atomic mass is 32.2. The van der Waals surface area contributed by atoms with E-state index in [2.05, 4.69) is 21.3 Å². The Morgan fingerprint density at radius 1 is 0.981 bits per heavy atom. The number of nitrogens with one attached hydrogen (secondary N) is 4. The van der Waals surface area contributed by atoms with Crippen LogP contribution in [0.4, 0.5) is 4.79 Å². The highest BCUT2D eigenvalue weighted by Gasteiger charge is 2.53. The van der Waals surface area contributed by atoms with E-state index in [1.807, 2.05) is 41.5 Å². The zero-order chi connectivity index (χ0) is 40.2. The maximum absolute atomic E-state index is 14.4. The Kier molecular flexibility index (Phi) is 16.7. The molecule has 1 spiro atoms. The zero-order valence-corrected chi connectivity index (χ0v) is 34.5. The van der Waals surface area contributed by atoms with Gasteiger partial charge in [0.05, 0.1) is 23.3 Å². The minimum atomic E-state index is -1.21. The lowest BCUT2D eigenvalue weighted by atomic mass is 9.85. The van der Waals surface area contributed by atoms with Gasteiger partial charge in [-0.1, -0.05) is 84.7 Å². The van der Waals surface area contributed by atoms with Crippen molar-refractivity contribution in [2.24, 2.45) is 11.3 Å². The van der Waals surface area contributed by atoms with Gasteiger partial charge in [0, 0.05) is 27.1 Å². The summed E-state index contributed by atoms with van der Waals surface area (Å²) in [5.74, 6) is -2.22. The molecule has 2 saturated heterocycles. The molecule has 2 fully saturated rings. The minimum absolute atomic E-state index is 0.0970. The van der Waals surface area contributed by atoms with Gasteiger partial charge in [-0.2, -0.15) is 0 Å². The van der Waals surface area contributed by atoms with E-state index in [9.17, 15) is 33.6 Å². The van der Waals surface area contributed by atoms with Crippen LogP contribution in [0.5, 0.6) is 0 Å². The van der Waals surface area contributed by atoms with Gasteiger partial charge in [0.15, 0.2) is 0 Å². The Bertz CT molecular complexity index is 1500. The van der Waals surface area contributed by atoms with Gasteiger partial charge < -0.3 is 35.8 Å². The highest BCUT2D eigenvalue weighted by molar-refractivity contribution is 8.18. The molecule has 14 nitrogen and oxygen atoms in total. The van der Waals surface area contributed by atoms with E-state index in [-0.39, 0.29) is 31.4 Å². The smallest absolute Gasteiger partial charge is 0.407 e. The predicted molar refractivity (Wildman–Crippen MR) is 210 cm³/mol. The summed E-state index contributed by atoms with van der Waals surface area (Å²) >= 11 is 3.41. The third kappa shape index (κ3) is 12.6. The summed E-state index contributed by atoms with van der Waals surface area (Å²) < 4.78 is 4.88. The number of benzene rings is 1. The number of ketones is 1. The fraction of sp³-hybridized carbons (Fsp3) is 0.658. The average molecular weight is 791 g/mol. The second-order valence-electron chi connectivity index (χ2n) is 15.5. The van der Waals surface area contributed by atoms with E-state index in [1.54, 1.807) is 68.0 Å². The van der Waals surface area contributed by atoms with Crippen LogP contribution in [0.1, 0.15) is 85.3 Å². The van der Waals surface area contributed by atoms with Crippen LogP contribution < -0.4 is 21.3 Å². The fourth-order valence-electron chi connectivity index (χ4n) is 6.10. The number of Topliss-reactive ketones (excluding diaryl/α,β-unsaturated/α-hetero) is 1. The van der Waals surface area contributed by atoms with E-state index in [1.165, 1.54) is 9.80 Å². The summed E-state index contributed by atoms with van der Waals surface area (Å²) in [5, 5.41) is 10.5. The number of carbonyl (C=O) groups is 7. The van der Waals surface area contributed by atoms with Gasteiger partial charge in [0.25, 0.3) is 5.91 Å². The molecule has 2 aliphatic rings. The number of rotatable bonds is 16. The van der Waals surface area contributed by atoms with Crippen LogP contribution in [0.2, 0.25) is 0 Å². The van der Waals surface area contributed by atoms with Crippen molar-refractivity contribution >= 4 is 64.9 Å². The van der Waals surface area contributed by atoms with Gasteiger partial charge in [-0.05, 0) is 41.2 Å². The lowest BCUT2D eigenvalue weighted by Crippen LogP contribution is -2.59. The molecule has 0 aliphatic carbocycles. The molecule has 16 heteroatoms. The summed E-state index contributed by atoms with van der Waals surface area (Å²) in [6.45, 7) is 11.1. The average Bonchev–Trinajstić information content (AvgIpc) is 3.50. The van der Waals surface area contributed by atoms with Crippen molar-refractivity contribution in [1.82, 2.24) is 31.1 Å². The number of ether oxygens (including phenoxy) is 1. The molecule has 54 heavy (non-hydrogen) atoms. The van der Waals surface area contributed by atoms with Crippen LogP contribution in [0.3, 0.4) is 0 Å². The third-order valence-corrected chi connectivity index (χ3v) is 12.4. The minimum Gasteiger partial charge on any atom is -0.449 e. The van der Waals surface area contributed by atoms with Crippen molar-refractivity contribution < 1.29 is 38.3 Å². The first kappa shape index (κ1) is 44.6. The van der Waals surface area contributed by atoms with E-state index >= 15 is 0 Å². The SMILES string of the molecule is CCCCC(NC(=O)[C@@H]1CC2(CN1C(=O)[C@@H](NC(=O)OCC(C)C)C(C)(C)C)SCCCS2)C(=O)C(=O)NCC(=O)NC(C(=O)N(C)C)c1ccccc1. The number of hydrogen-bond acceptors (Lipinski definition) is 10. The Morgan fingerprint density at radius 2 is 1.63 bits per heavy atom. The summed E-state index contributed by atoms with van der Waals surface area (Å²) in [4.78, 5) is 96.7. The molecule has 4 N–H and O–H groups in total. The van der Waals surface area contributed by atoms with Gasteiger partial charge in [0.2, 0.25) is 29.4 Å². The molecule has 300 valence electrons. The molecule has 4 atom stereocenters. The number of amides is 6. The van der Waals surface area contributed by atoms with Gasteiger partial charge in [0.1, 0.15) is 18.1 Å². The number of thioether (sulfide) groups is 2. The van der Waals surface area contributed by atoms with E-state index in [0.717, 1.165) is 17.9 Å². The summed E-state index contributed by atoms with van der Waals surface area (Å²) in [7, 11) is 3.13. The molecule has 0 aromatic heterocycles. The van der Waals surface area contributed by atoms with Crippen molar-refractivity contribution in [1.29, 1.82) is 0 Å². The van der Waals surface area contributed by atoms with Crippen LogP contribution in [0, 0.1) is 11.3 Å². The maximum atomic E-state index is 14.4. The molecule has 1 aromatic rings. The van der Waals surface area contributed by atoms with Crippen LogP contribution in [0.25, 0.3) is 0 Å². The third-order valence-electron chi connectivity index (χ3n) is 9.06. The molecule has 3 rings (SSSR count). The highest BCUT2D eigenvalue weighted by Crippen LogP contribution is 2.50. The largest absolute Gasteiger partial charge is 0.449 e. The van der Waals surface area contributed by atoms with Crippen molar-refractivity contribution in [3.63, 3.8) is 0 Å². The van der Waals surface area contributed by atoms with Crippen LogP contribution in [0.15, 0.2) is 30.3 Å². The molecule has 2 heterocycles. The Labute approximate surface area is 327 Å². The molecular formula is C38H58N6O8S2. The normalized spacial score (nSPS) is 18.2. The topological polar surface area (TPSA) is 183 Å². The number of nitrogens with zero attached hydrogens (tertiary/aromatic N) is 2. The standard InChI is InChI=1S/C38H58N6O8S2/c1-9-10-17-26(30(46)33(48)39-21-28(45)41-29(34(49)43(7)8)25-15-12-11-13-16-25)40-32(47)27-20-38(53-18-14-19-54-38)23-44(27)35(50)31(37(4,5)6)42-36(51)52-22-24(2)3/h11-13,15-16,24,26-27,29,31H,9-10,14,17-23H2,1-8H3,(H,39,48)(H,40,47)(H,41,45)(H,42,51)/t26?,27-,29?,31+/m0/s1. The first-order valence-electron chi connectivity index (χ1n) is 18.6. The van der Waals surface area contributed by atoms with Crippen LogP contribution in [-0.4, -0.2) is 119 Å². The number of carbonyl (C=O) groups excluding carboxylic acids is 7. The first-order chi connectivity index (χ1) is 25.4. The molecule has 0 saturated carbocycles. The van der Waals surface area contributed by atoms with E-state index in [0.29, 0.717) is 24.8 Å². The second kappa shape index (κ2) is 20.2. The number of unbranched alkanes of at least 4 members (excludes halogenated alkanes) is 1. The molecule has 2 unspecified atom stereocenters. The lowest BCUT2D eigenvalue weighted by molar-refractivity contribution is -0.144. The summed E-state index contributed by atoms with van der Waals surface area (Å²) in [5.41, 5.74) is -0.182. The number of hydrogen-bond donors (Lipinski definition) is 4. The monoisotopic (exact) mass is 790 g/mol. The zero-order valence-electron chi connectivity index (χ0n) is 32.8. The Morgan fingerprint density at radius 3 is 2.20 bits per heavy atom. The van der Waals surface area contributed by atoms with E-state index < -0.39 is 75.7 Å². The number of alkyl carbamates (subject to hydrolysis) is 1. The fourth-order valence-corrected chi connectivity index (χ4v) is 9.45. The molecule has 2 aliphatic heterocycles. The quantitative estimate of drug-likeness (QED) is 0.182. The number of likely N-dealkylation sites (tertiary alicyclic amines) is 1. The van der Waals surface area contributed by atoms with Gasteiger partial charge in [-0.25, -0.2) is 4.79 Å². The lowest BCUT2D eigenvalue weighted by Gasteiger charge is -2.36. The van der Waals surface area contributed by atoms with Gasteiger partial charge in [-0.3, -0.25) is 28.8 Å². The molecule has 6 amide bonds. The molecular weight excluding hydrogens is 733 g/mol. The molecule has 0 radical (unpaired) electrons. The Hall–Kier alpha value is -3.79. The Balaban J connectivity index is 1.78. The molecule has 1 aromatic carbocycles. The molecule has 0 bridgehead atoms. The van der Waals surface area contributed by atoms with E-state index in [4.69, 9.17) is 4.74 Å². The predicted octanol–water partition coefficient (Wildman–Crippen LogP) is 3.26. The summed E-state index contributed by atoms with van der Waals surface area (Å²) in [6.07, 6.45) is 1.96. The maximum Gasteiger partial charge on any atom is 0.407 e. The van der Waals surface area contributed by atoms with Crippen LogP contribution >= 0.6 is 23.5 Å². The van der Waals surface area contributed by atoms with Gasteiger partial charge in [-0.15, -0.1) is 23.5 Å². The first-order valence-corrected chi connectivity index (χ1v) is 20.6. The van der Waals surface area contributed by atoms with Crippen molar-refractivity contribution in [3.05, 3.63) is 35.9 Å².